The number of fused-ring (bicyclic) bond motifs is 1. The number of ether oxygens (including phenoxy) is 1. The van der Waals surface area contributed by atoms with Gasteiger partial charge in [0.1, 0.15) is 12.4 Å². The SMILES string of the molecule is CCn1c(COc2ccc(C)cc2)cc2cc(CN)ccc21. The third kappa shape index (κ3) is 2.85. The normalized spacial score (nSPS) is 11.0. The highest BCUT2D eigenvalue weighted by atomic mass is 16.5. The van der Waals surface area contributed by atoms with Gasteiger partial charge in [0.15, 0.2) is 0 Å². The van der Waals surface area contributed by atoms with Crippen LogP contribution in [0.1, 0.15) is 23.7 Å². The third-order valence-corrected chi connectivity index (χ3v) is 4.01. The number of rotatable bonds is 5. The van der Waals surface area contributed by atoms with Crippen LogP contribution in [0.4, 0.5) is 0 Å². The fraction of sp³-hybridized carbons (Fsp3) is 0.263. The van der Waals surface area contributed by atoms with Crippen molar-refractivity contribution in [2.24, 2.45) is 5.73 Å². The molecule has 114 valence electrons. The Morgan fingerprint density at radius 1 is 1.05 bits per heavy atom. The zero-order valence-corrected chi connectivity index (χ0v) is 13.2. The number of benzene rings is 2. The molecule has 0 bridgehead atoms. The lowest BCUT2D eigenvalue weighted by Gasteiger charge is -2.10. The number of nitrogens with zero attached hydrogens (tertiary/aromatic N) is 1. The first kappa shape index (κ1) is 14.7. The molecular formula is C19H22N2O. The van der Waals surface area contributed by atoms with Gasteiger partial charge in [-0.25, -0.2) is 0 Å². The molecule has 3 nitrogen and oxygen atoms in total. The Balaban J connectivity index is 1.87. The molecule has 3 aromatic rings. The molecule has 0 saturated heterocycles. The van der Waals surface area contributed by atoms with Crippen LogP contribution in [0.2, 0.25) is 0 Å². The van der Waals surface area contributed by atoms with Crippen LogP contribution in [-0.2, 0) is 19.7 Å². The molecule has 0 amide bonds. The largest absolute Gasteiger partial charge is 0.487 e. The second-order valence-electron chi connectivity index (χ2n) is 5.58. The molecule has 0 unspecified atom stereocenters. The highest BCUT2D eigenvalue weighted by Crippen LogP contribution is 2.23. The van der Waals surface area contributed by atoms with Gasteiger partial charge >= 0.3 is 0 Å². The Bertz CT molecular complexity index is 772. The average Bonchev–Trinajstić information content (AvgIpc) is 2.90. The molecule has 1 aromatic heterocycles. The first-order chi connectivity index (χ1) is 10.7. The van der Waals surface area contributed by atoms with E-state index in [-0.39, 0.29) is 0 Å². The van der Waals surface area contributed by atoms with E-state index in [2.05, 4.69) is 54.8 Å². The highest BCUT2D eigenvalue weighted by molar-refractivity contribution is 5.82. The molecule has 3 heteroatoms. The van der Waals surface area contributed by atoms with Crippen LogP contribution >= 0.6 is 0 Å². The van der Waals surface area contributed by atoms with Gasteiger partial charge in [0.25, 0.3) is 0 Å². The molecule has 0 fully saturated rings. The highest BCUT2D eigenvalue weighted by Gasteiger charge is 2.08. The van der Waals surface area contributed by atoms with Crippen molar-refractivity contribution in [2.75, 3.05) is 0 Å². The fourth-order valence-corrected chi connectivity index (χ4v) is 2.79. The minimum atomic E-state index is 0.572. The lowest BCUT2D eigenvalue weighted by Crippen LogP contribution is -2.04. The predicted molar refractivity (Wildman–Crippen MR) is 91.0 cm³/mol. The van der Waals surface area contributed by atoms with Crippen molar-refractivity contribution in [1.82, 2.24) is 4.57 Å². The third-order valence-electron chi connectivity index (χ3n) is 4.01. The quantitative estimate of drug-likeness (QED) is 0.772. The summed E-state index contributed by atoms with van der Waals surface area (Å²) < 4.78 is 8.23. The van der Waals surface area contributed by atoms with Crippen LogP contribution in [0.25, 0.3) is 10.9 Å². The number of aromatic nitrogens is 1. The summed E-state index contributed by atoms with van der Waals surface area (Å²) in [4.78, 5) is 0. The summed E-state index contributed by atoms with van der Waals surface area (Å²) >= 11 is 0. The Morgan fingerprint density at radius 2 is 1.82 bits per heavy atom. The minimum Gasteiger partial charge on any atom is -0.487 e. The molecule has 0 saturated carbocycles. The Kier molecular flexibility index (Phi) is 4.16. The number of hydrogen-bond donors (Lipinski definition) is 1. The van der Waals surface area contributed by atoms with Crippen molar-refractivity contribution in [3.63, 3.8) is 0 Å². The first-order valence-corrected chi connectivity index (χ1v) is 7.72. The summed E-state index contributed by atoms with van der Waals surface area (Å²) in [5.74, 6) is 0.904. The monoisotopic (exact) mass is 294 g/mol. The molecule has 1 heterocycles. The zero-order chi connectivity index (χ0) is 15.5. The van der Waals surface area contributed by atoms with Gasteiger partial charge in [-0.1, -0.05) is 23.8 Å². The van der Waals surface area contributed by atoms with Gasteiger partial charge in [0.05, 0.1) is 5.69 Å². The molecular weight excluding hydrogens is 272 g/mol. The molecule has 3 rings (SSSR count). The molecule has 22 heavy (non-hydrogen) atoms. The summed E-state index contributed by atoms with van der Waals surface area (Å²) in [6, 6.07) is 16.8. The molecule has 0 aliphatic carbocycles. The van der Waals surface area contributed by atoms with Crippen molar-refractivity contribution in [3.8, 4) is 5.75 Å². The maximum absolute atomic E-state index is 5.93. The predicted octanol–water partition coefficient (Wildman–Crippen LogP) is 4.01. The first-order valence-electron chi connectivity index (χ1n) is 7.72. The Hall–Kier alpha value is -2.26. The van der Waals surface area contributed by atoms with Gasteiger partial charge in [-0.05, 0) is 49.7 Å². The lowest BCUT2D eigenvalue weighted by atomic mass is 10.1. The van der Waals surface area contributed by atoms with Crippen molar-refractivity contribution in [3.05, 3.63) is 65.4 Å². The summed E-state index contributed by atoms with van der Waals surface area (Å²) in [6.07, 6.45) is 0. The summed E-state index contributed by atoms with van der Waals surface area (Å²) in [5.41, 5.74) is 10.6. The number of nitrogens with two attached hydrogens (primary N) is 1. The van der Waals surface area contributed by atoms with E-state index in [1.54, 1.807) is 0 Å². The van der Waals surface area contributed by atoms with Gasteiger partial charge in [-0.3, -0.25) is 0 Å². The van der Waals surface area contributed by atoms with E-state index >= 15 is 0 Å². The van der Waals surface area contributed by atoms with E-state index < -0.39 is 0 Å². The van der Waals surface area contributed by atoms with E-state index in [1.165, 1.54) is 22.2 Å². The molecule has 0 radical (unpaired) electrons. The van der Waals surface area contributed by atoms with E-state index in [9.17, 15) is 0 Å². The second kappa shape index (κ2) is 6.24. The fourth-order valence-electron chi connectivity index (χ4n) is 2.79. The van der Waals surface area contributed by atoms with Crippen molar-refractivity contribution < 1.29 is 4.74 Å². The summed E-state index contributed by atoms with van der Waals surface area (Å²) in [7, 11) is 0. The number of aryl methyl sites for hydroxylation is 2. The zero-order valence-electron chi connectivity index (χ0n) is 13.2. The van der Waals surface area contributed by atoms with Crippen molar-refractivity contribution in [1.29, 1.82) is 0 Å². The van der Waals surface area contributed by atoms with Gasteiger partial charge in [0, 0.05) is 24.0 Å². The van der Waals surface area contributed by atoms with Crippen LogP contribution in [0.5, 0.6) is 5.75 Å². The second-order valence-corrected chi connectivity index (χ2v) is 5.58. The maximum atomic E-state index is 5.93. The van der Waals surface area contributed by atoms with E-state index in [0.717, 1.165) is 17.9 Å². The molecule has 2 N–H and O–H groups in total. The molecule has 0 aliphatic heterocycles. The molecule has 0 aliphatic rings. The Morgan fingerprint density at radius 3 is 2.50 bits per heavy atom. The van der Waals surface area contributed by atoms with E-state index in [0.29, 0.717) is 13.2 Å². The van der Waals surface area contributed by atoms with Crippen molar-refractivity contribution >= 4 is 10.9 Å². The van der Waals surface area contributed by atoms with Crippen LogP contribution in [0.15, 0.2) is 48.5 Å². The summed E-state index contributed by atoms with van der Waals surface area (Å²) in [5, 5.41) is 1.23. The molecule has 0 spiro atoms. The van der Waals surface area contributed by atoms with Gasteiger partial charge < -0.3 is 15.0 Å². The molecule has 2 aromatic carbocycles. The topological polar surface area (TPSA) is 40.2 Å². The maximum Gasteiger partial charge on any atom is 0.128 e. The van der Waals surface area contributed by atoms with Crippen LogP contribution < -0.4 is 10.5 Å². The van der Waals surface area contributed by atoms with E-state index in [4.69, 9.17) is 10.5 Å². The number of hydrogen-bond acceptors (Lipinski definition) is 2. The van der Waals surface area contributed by atoms with E-state index in [1.807, 2.05) is 12.1 Å². The molecule has 0 atom stereocenters. The van der Waals surface area contributed by atoms with Gasteiger partial charge in [0.2, 0.25) is 0 Å². The summed E-state index contributed by atoms with van der Waals surface area (Å²) in [6.45, 7) is 6.31. The average molecular weight is 294 g/mol. The standard InChI is InChI=1S/C19H22N2O/c1-3-21-17(13-22-18-7-4-14(2)5-8-18)11-16-10-15(12-20)6-9-19(16)21/h4-11H,3,12-13,20H2,1-2H3. The van der Waals surface area contributed by atoms with Crippen molar-refractivity contribution in [2.45, 2.75) is 33.5 Å². The smallest absolute Gasteiger partial charge is 0.128 e. The van der Waals surface area contributed by atoms with Crippen LogP contribution in [0.3, 0.4) is 0 Å². The van der Waals surface area contributed by atoms with Gasteiger partial charge in [-0.2, -0.15) is 0 Å². The lowest BCUT2D eigenvalue weighted by molar-refractivity contribution is 0.296. The van der Waals surface area contributed by atoms with Crippen LogP contribution in [-0.4, -0.2) is 4.57 Å². The van der Waals surface area contributed by atoms with Gasteiger partial charge in [-0.15, -0.1) is 0 Å². The van der Waals surface area contributed by atoms with Crippen LogP contribution in [0, 0.1) is 6.92 Å². The minimum absolute atomic E-state index is 0.572. The Labute approximate surface area is 131 Å².